The van der Waals surface area contributed by atoms with Gasteiger partial charge in [0.1, 0.15) is 0 Å². The predicted molar refractivity (Wildman–Crippen MR) is 89.5 cm³/mol. The van der Waals surface area contributed by atoms with Crippen molar-refractivity contribution in [3.8, 4) is 0 Å². The average Bonchev–Trinajstić information content (AvgIpc) is 3.09. The summed E-state index contributed by atoms with van der Waals surface area (Å²) in [7, 11) is -3.52. The monoisotopic (exact) mass is 351 g/mol. The van der Waals surface area contributed by atoms with Gasteiger partial charge in [-0.05, 0) is 19.1 Å². The second-order valence-corrected chi connectivity index (χ2v) is 8.10. The Kier molecular flexibility index (Phi) is 4.47. The Bertz CT molecular complexity index is 778. The molecule has 0 saturated carbocycles. The maximum Gasteiger partial charge on any atom is 0.243 e. The van der Waals surface area contributed by atoms with Crippen LogP contribution in [0.5, 0.6) is 0 Å². The first-order valence-electron chi connectivity index (χ1n) is 7.24. The molecule has 3 rings (SSSR count). The number of benzene rings is 1. The van der Waals surface area contributed by atoms with Crippen LogP contribution in [-0.4, -0.2) is 49.7 Å². The number of thiazole rings is 1. The fourth-order valence-corrected chi connectivity index (χ4v) is 4.62. The fourth-order valence-electron chi connectivity index (χ4n) is 2.50. The van der Waals surface area contributed by atoms with Gasteiger partial charge in [0.05, 0.1) is 4.90 Å². The van der Waals surface area contributed by atoms with Gasteiger partial charge in [-0.2, -0.15) is 4.31 Å². The summed E-state index contributed by atoms with van der Waals surface area (Å²) in [4.78, 5) is 17.9. The zero-order valence-electron chi connectivity index (χ0n) is 12.7. The van der Waals surface area contributed by atoms with Crippen molar-refractivity contribution in [1.29, 1.82) is 0 Å². The molecule has 6 nitrogen and oxygen atoms in total. The number of rotatable bonds is 4. The van der Waals surface area contributed by atoms with Crippen molar-refractivity contribution in [2.45, 2.75) is 11.8 Å². The summed E-state index contributed by atoms with van der Waals surface area (Å²) >= 11 is 1.55. The SMILES string of the molecule is CC(=O)c1ccc(S(=O)(=O)N2CCN(c3nccs3)CC2)cc1. The number of anilines is 1. The fraction of sp³-hybridized carbons (Fsp3) is 0.333. The van der Waals surface area contributed by atoms with E-state index >= 15 is 0 Å². The molecule has 1 aromatic heterocycles. The van der Waals surface area contributed by atoms with Gasteiger partial charge in [0.2, 0.25) is 10.0 Å². The third-order valence-corrected chi connectivity index (χ3v) is 6.57. The molecule has 0 spiro atoms. The largest absolute Gasteiger partial charge is 0.345 e. The lowest BCUT2D eigenvalue weighted by atomic mass is 10.2. The molecule has 1 aromatic carbocycles. The van der Waals surface area contributed by atoms with Crippen LogP contribution in [0.1, 0.15) is 17.3 Å². The molecule has 122 valence electrons. The number of ketones is 1. The second kappa shape index (κ2) is 6.38. The first kappa shape index (κ1) is 16.1. The minimum atomic E-state index is -3.52. The van der Waals surface area contributed by atoms with Crippen LogP contribution in [0.2, 0.25) is 0 Å². The van der Waals surface area contributed by atoms with Crippen molar-refractivity contribution < 1.29 is 13.2 Å². The van der Waals surface area contributed by atoms with Crippen LogP contribution < -0.4 is 4.90 Å². The van der Waals surface area contributed by atoms with E-state index in [0.29, 0.717) is 31.7 Å². The molecule has 1 saturated heterocycles. The van der Waals surface area contributed by atoms with Crippen molar-refractivity contribution in [2.24, 2.45) is 0 Å². The molecule has 0 radical (unpaired) electrons. The summed E-state index contributed by atoms with van der Waals surface area (Å²) in [6.07, 6.45) is 1.75. The highest BCUT2D eigenvalue weighted by molar-refractivity contribution is 7.89. The van der Waals surface area contributed by atoms with Crippen LogP contribution >= 0.6 is 11.3 Å². The molecule has 0 unspecified atom stereocenters. The summed E-state index contributed by atoms with van der Waals surface area (Å²) < 4.78 is 26.8. The topological polar surface area (TPSA) is 70.6 Å². The van der Waals surface area contributed by atoms with Crippen molar-refractivity contribution in [3.63, 3.8) is 0 Å². The Morgan fingerprint density at radius 3 is 2.30 bits per heavy atom. The molecule has 0 aliphatic carbocycles. The maximum absolute atomic E-state index is 12.7. The van der Waals surface area contributed by atoms with E-state index < -0.39 is 10.0 Å². The summed E-state index contributed by atoms with van der Waals surface area (Å²) in [5.74, 6) is -0.0778. The van der Waals surface area contributed by atoms with E-state index in [1.807, 2.05) is 5.38 Å². The molecule has 1 aliphatic heterocycles. The molecule has 2 aromatic rings. The molecule has 0 N–H and O–H groups in total. The Morgan fingerprint density at radius 2 is 1.78 bits per heavy atom. The molecule has 1 fully saturated rings. The van der Waals surface area contributed by atoms with E-state index in [-0.39, 0.29) is 10.7 Å². The lowest BCUT2D eigenvalue weighted by Gasteiger charge is -2.33. The summed E-state index contributed by atoms with van der Waals surface area (Å²) in [6, 6.07) is 6.11. The van der Waals surface area contributed by atoms with Crippen LogP contribution in [0.4, 0.5) is 5.13 Å². The van der Waals surface area contributed by atoms with Gasteiger partial charge in [-0.1, -0.05) is 12.1 Å². The lowest BCUT2D eigenvalue weighted by Crippen LogP contribution is -2.48. The third kappa shape index (κ3) is 3.29. The van der Waals surface area contributed by atoms with Gasteiger partial charge in [0.15, 0.2) is 10.9 Å². The Labute approximate surface area is 139 Å². The van der Waals surface area contributed by atoms with Gasteiger partial charge in [-0.3, -0.25) is 4.79 Å². The highest BCUT2D eigenvalue weighted by atomic mass is 32.2. The van der Waals surface area contributed by atoms with E-state index in [4.69, 9.17) is 0 Å². The molecule has 0 amide bonds. The number of hydrogen-bond acceptors (Lipinski definition) is 6. The second-order valence-electron chi connectivity index (χ2n) is 5.29. The van der Waals surface area contributed by atoms with Crippen molar-refractivity contribution >= 4 is 32.3 Å². The van der Waals surface area contributed by atoms with E-state index in [0.717, 1.165) is 5.13 Å². The number of sulfonamides is 1. The van der Waals surface area contributed by atoms with Gasteiger partial charge >= 0.3 is 0 Å². The van der Waals surface area contributed by atoms with Crippen LogP contribution in [-0.2, 0) is 10.0 Å². The molecule has 0 bridgehead atoms. The van der Waals surface area contributed by atoms with E-state index in [9.17, 15) is 13.2 Å². The van der Waals surface area contributed by atoms with Crippen LogP contribution in [0.15, 0.2) is 40.7 Å². The molecule has 2 heterocycles. The van der Waals surface area contributed by atoms with Crippen LogP contribution in [0.25, 0.3) is 0 Å². The molecule has 23 heavy (non-hydrogen) atoms. The number of Topliss-reactive ketones (excluding diaryl/α,β-unsaturated/α-hetero) is 1. The first-order valence-corrected chi connectivity index (χ1v) is 9.56. The van der Waals surface area contributed by atoms with E-state index in [1.165, 1.54) is 23.4 Å². The first-order chi connectivity index (χ1) is 11.0. The molecule has 8 heteroatoms. The van der Waals surface area contributed by atoms with Crippen LogP contribution in [0, 0.1) is 0 Å². The minimum Gasteiger partial charge on any atom is -0.345 e. The highest BCUT2D eigenvalue weighted by Gasteiger charge is 2.29. The number of carbonyl (C=O) groups excluding carboxylic acids is 1. The van der Waals surface area contributed by atoms with Crippen LogP contribution in [0.3, 0.4) is 0 Å². The van der Waals surface area contributed by atoms with Gasteiger partial charge < -0.3 is 4.90 Å². The number of aromatic nitrogens is 1. The smallest absolute Gasteiger partial charge is 0.243 e. The number of carbonyl (C=O) groups is 1. The number of nitrogens with zero attached hydrogens (tertiary/aromatic N) is 3. The zero-order valence-corrected chi connectivity index (χ0v) is 14.3. The molecular formula is C15H17N3O3S2. The summed E-state index contributed by atoms with van der Waals surface area (Å²) in [5, 5.41) is 2.84. The predicted octanol–water partition coefficient (Wildman–Crippen LogP) is 1.86. The van der Waals surface area contributed by atoms with Crippen molar-refractivity contribution in [1.82, 2.24) is 9.29 Å². The average molecular weight is 351 g/mol. The van der Waals surface area contributed by atoms with Crippen molar-refractivity contribution in [3.05, 3.63) is 41.4 Å². The lowest BCUT2D eigenvalue weighted by molar-refractivity contribution is 0.101. The molecule has 0 atom stereocenters. The Morgan fingerprint density at radius 1 is 1.13 bits per heavy atom. The van der Waals surface area contributed by atoms with Crippen molar-refractivity contribution in [2.75, 3.05) is 31.1 Å². The highest BCUT2D eigenvalue weighted by Crippen LogP contribution is 2.22. The standard InChI is InChI=1S/C15H17N3O3S2/c1-12(19)13-2-4-14(5-3-13)23(20,21)18-9-7-17(8-10-18)15-16-6-11-22-15/h2-6,11H,7-10H2,1H3. The Hall–Kier alpha value is -1.77. The summed E-state index contributed by atoms with van der Waals surface area (Å²) in [6.45, 7) is 3.56. The maximum atomic E-state index is 12.7. The zero-order chi connectivity index (χ0) is 16.4. The third-order valence-electron chi connectivity index (χ3n) is 3.83. The van der Waals surface area contributed by atoms with Gasteiger partial charge in [0, 0.05) is 43.3 Å². The van der Waals surface area contributed by atoms with Gasteiger partial charge in [-0.25, -0.2) is 13.4 Å². The molecule has 1 aliphatic rings. The van der Waals surface area contributed by atoms with Gasteiger partial charge in [-0.15, -0.1) is 11.3 Å². The van der Waals surface area contributed by atoms with E-state index in [1.54, 1.807) is 29.7 Å². The summed E-state index contributed by atoms with van der Waals surface area (Å²) in [5.41, 5.74) is 0.512. The molecular weight excluding hydrogens is 334 g/mol. The normalized spacial score (nSPS) is 16.5. The minimum absolute atomic E-state index is 0.0778. The van der Waals surface area contributed by atoms with Gasteiger partial charge in [0.25, 0.3) is 0 Å². The Balaban J connectivity index is 1.72. The van der Waals surface area contributed by atoms with E-state index in [2.05, 4.69) is 9.88 Å². The quantitative estimate of drug-likeness (QED) is 0.786. The number of piperazine rings is 1. The number of hydrogen-bond donors (Lipinski definition) is 0.